The fourth-order valence-electron chi connectivity index (χ4n) is 1.80. The molecule has 0 bridgehead atoms. The average molecular weight is 252 g/mol. The molecule has 0 unspecified atom stereocenters. The fraction of sp³-hybridized carbons (Fsp3) is 0.600. The van der Waals surface area contributed by atoms with Crippen molar-refractivity contribution in [1.82, 2.24) is 0 Å². The lowest BCUT2D eigenvalue weighted by Gasteiger charge is -2.06. The van der Waals surface area contributed by atoms with Crippen molar-refractivity contribution in [1.29, 1.82) is 0 Å². The zero-order valence-electron chi connectivity index (χ0n) is 11.4. The highest BCUT2D eigenvalue weighted by atomic mass is 16.5. The first-order valence-corrected chi connectivity index (χ1v) is 6.95. The van der Waals surface area contributed by atoms with Gasteiger partial charge in [-0.1, -0.05) is 17.7 Å². The van der Waals surface area contributed by atoms with Crippen LogP contribution in [0.2, 0.25) is 0 Å². The Balaban J connectivity index is 1.91. The van der Waals surface area contributed by atoms with E-state index in [9.17, 15) is 0 Å². The van der Waals surface area contributed by atoms with Gasteiger partial charge in [0.2, 0.25) is 0 Å². The fourth-order valence-corrected chi connectivity index (χ4v) is 1.80. The van der Waals surface area contributed by atoms with Crippen LogP contribution in [0.1, 0.15) is 31.2 Å². The summed E-state index contributed by atoms with van der Waals surface area (Å²) in [7, 11) is 0. The molecular formula is C15H26NO2+. The van der Waals surface area contributed by atoms with E-state index in [0.29, 0.717) is 0 Å². The Labute approximate surface area is 110 Å². The number of rotatable bonds is 10. The third-order valence-corrected chi connectivity index (χ3v) is 2.93. The number of nitrogens with two attached hydrogens (primary N) is 1. The van der Waals surface area contributed by atoms with Crippen LogP contribution in [0.15, 0.2) is 24.3 Å². The van der Waals surface area contributed by atoms with Crippen LogP contribution in [0.5, 0.6) is 5.75 Å². The normalized spacial score (nSPS) is 10.6. The average Bonchev–Trinajstić information content (AvgIpc) is 2.39. The summed E-state index contributed by atoms with van der Waals surface area (Å²) in [5.74, 6) is 0.969. The molecule has 0 aliphatic heterocycles. The van der Waals surface area contributed by atoms with Crippen molar-refractivity contribution < 1.29 is 15.2 Å². The first-order valence-electron chi connectivity index (χ1n) is 6.95. The van der Waals surface area contributed by atoms with Crippen molar-refractivity contribution in [2.45, 2.75) is 32.6 Å². The van der Waals surface area contributed by atoms with Gasteiger partial charge in [0.15, 0.2) is 0 Å². The minimum absolute atomic E-state index is 0.282. The number of aliphatic hydroxyl groups is 1. The van der Waals surface area contributed by atoms with Gasteiger partial charge >= 0.3 is 0 Å². The van der Waals surface area contributed by atoms with Gasteiger partial charge in [0, 0.05) is 0 Å². The van der Waals surface area contributed by atoms with Gasteiger partial charge in [-0.25, -0.2) is 0 Å². The van der Waals surface area contributed by atoms with E-state index in [2.05, 4.69) is 24.4 Å². The molecule has 0 spiro atoms. The molecule has 3 nitrogen and oxygen atoms in total. The van der Waals surface area contributed by atoms with Crippen LogP contribution in [0.25, 0.3) is 0 Å². The Kier molecular flexibility index (Phi) is 8.26. The van der Waals surface area contributed by atoms with Crippen molar-refractivity contribution in [2.75, 3.05) is 26.3 Å². The topological polar surface area (TPSA) is 46.1 Å². The molecule has 0 radical (unpaired) electrons. The van der Waals surface area contributed by atoms with E-state index < -0.39 is 0 Å². The van der Waals surface area contributed by atoms with Crippen LogP contribution < -0.4 is 10.1 Å². The summed E-state index contributed by atoms with van der Waals surface area (Å²) in [5.41, 5.74) is 1.27. The molecule has 1 rings (SSSR count). The smallest absolute Gasteiger partial charge is 0.119 e. The van der Waals surface area contributed by atoms with Crippen LogP contribution in [-0.2, 0) is 0 Å². The van der Waals surface area contributed by atoms with E-state index in [0.717, 1.165) is 31.9 Å². The van der Waals surface area contributed by atoms with Crippen LogP contribution in [-0.4, -0.2) is 31.4 Å². The van der Waals surface area contributed by atoms with Crippen LogP contribution in [0, 0.1) is 6.92 Å². The molecule has 0 atom stereocenters. The van der Waals surface area contributed by atoms with E-state index in [1.807, 2.05) is 12.1 Å². The summed E-state index contributed by atoms with van der Waals surface area (Å²) < 4.78 is 5.67. The SMILES string of the molecule is Cc1ccc(OCCCCCC[NH2+]CCO)cc1. The second-order valence-electron chi connectivity index (χ2n) is 4.67. The van der Waals surface area contributed by atoms with E-state index in [4.69, 9.17) is 9.84 Å². The van der Waals surface area contributed by atoms with E-state index >= 15 is 0 Å². The third-order valence-electron chi connectivity index (χ3n) is 2.93. The molecular weight excluding hydrogens is 226 g/mol. The number of unbranched alkanes of at least 4 members (excludes halogenated alkanes) is 3. The van der Waals surface area contributed by atoms with Crippen molar-refractivity contribution in [3.63, 3.8) is 0 Å². The molecule has 0 saturated carbocycles. The highest BCUT2D eigenvalue weighted by Crippen LogP contribution is 2.12. The number of aliphatic hydroxyl groups excluding tert-OH is 1. The lowest BCUT2D eigenvalue weighted by atomic mass is 10.2. The zero-order valence-corrected chi connectivity index (χ0v) is 11.4. The van der Waals surface area contributed by atoms with Gasteiger partial charge in [-0.3, -0.25) is 0 Å². The highest BCUT2D eigenvalue weighted by molar-refractivity contribution is 5.26. The predicted molar refractivity (Wildman–Crippen MR) is 73.9 cm³/mol. The van der Waals surface area contributed by atoms with E-state index in [-0.39, 0.29) is 6.61 Å². The number of hydrogen-bond acceptors (Lipinski definition) is 2. The van der Waals surface area contributed by atoms with Crippen LogP contribution >= 0.6 is 0 Å². The Morgan fingerprint density at radius 3 is 2.44 bits per heavy atom. The zero-order chi connectivity index (χ0) is 13.1. The summed E-state index contributed by atoms with van der Waals surface area (Å²) in [4.78, 5) is 0. The Morgan fingerprint density at radius 1 is 1.00 bits per heavy atom. The highest BCUT2D eigenvalue weighted by Gasteiger charge is 1.95. The van der Waals surface area contributed by atoms with Crippen LogP contribution in [0.3, 0.4) is 0 Å². The molecule has 0 amide bonds. The van der Waals surface area contributed by atoms with E-state index in [1.165, 1.54) is 24.8 Å². The molecule has 0 aromatic heterocycles. The Hall–Kier alpha value is -1.06. The maximum Gasteiger partial charge on any atom is 0.119 e. The first-order chi connectivity index (χ1) is 8.83. The monoisotopic (exact) mass is 252 g/mol. The van der Waals surface area contributed by atoms with Crippen molar-refractivity contribution in [2.24, 2.45) is 0 Å². The maximum absolute atomic E-state index is 8.62. The summed E-state index contributed by atoms with van der Waals surface area (Å²) in [6, 6.07) is 8.21. The molecule has 18 heavy (non-hydrogen) atoms. The molecule has 3 N–H and O–H groups in total. The quantitative estimate of drug-likeness (QED) is 0.620. The first kappa shape index (κ1) is 15.0. The van der Waals surface area contributed by atoms with Gasteiger partial charge in [-0.2, -0.15) is 0 Å². The number of quaternary nitrogens is 1. The maximum atomic E-state index is 8.62. The van der Waals surface area contributed by atoms with Gasteiger partial charge in [0.1, 0.15) is 5.75 Å². The molecule has 0 fully saturated rings. The second-order valence-corrected chi connectivity index (χ2v) is 4.67. The van der Waals surface area contributed by atoms with Gasteiger partial charge < -0.3 is 15.2 Å². The molecule has 3 heteroatoms. The minimum atomic E-state index is 0.282. The standard InChI is InChI=1S/C15H25NO2/c1-14-6-8-15(9-7-14)18-13-5-3-2-4-10-16-11-12-17/h6-9,16-17H,2-5,10-13H2,1H3/p+1. The molecule has 0 heterocycles. The second kappa shape index (κ2) is 9.92. The molecule has 1 aromatic carbocycles. The summed E-state index contributed by atoms with van der Waals surface area (Å²) >= 11 is 0. The Bertz CT molecular complexity index is 298. The third kappa shape index (κ3) is 7.30. The van der Waals surface area contributed by atoms with Gasteiger partial charge in [0.25, 0.3) is 0 Å². The predicted octanol–water partition coefficient (Wildman–Crippen LogP) is 1.49. The number of aryl methyl sites for hydroxylation is 1. The van der Waals surface area contributed by atoms with Gasteiger partial charge in [-0.15, -0.1) is 0 Å². The Morgan fingerprint density at radius 2 is 1.72 bits per heavy atom. The molecule has 0 aliphatic carbocycles. The van der Waals surface area contributed by atoms with Gasteiger partial charge in [-0.05, 0) is 44.7 Å². The minimum Gasteiger partial charge on any atom is -0.494 e. The van der Waals surface area contributed by atoms with Crippen molar-refractivity contribution in [3.05, 3.63) is 29.8 Å². The van der Waals surface area contributed by atoms with Crippen molar-refractivity contribution >= 4 is 0 Å². The number of hydrogen-bond donors (Lipinski definition) is 2. The molecule has 0 saturated heterocycles. The number of ether oxygens (including phenoxy) is 1. The van der Waals surface area contributed by atoms with Gasteiger partial charge in [0.05, 0.1) is 26.3 Å². The van der Waals surface area contributed by atoms with E-state index in [1.54, 1.807) is 0 Å². The molecule has 1 aromatic rings. The number of benzene rings is 1. The lowest BCUT2D eigenvalue weighted by Crippen LogP contribution is -2.85. The van der Waals surface area contributed by atoms with Crippen LogP contribution in [0.4, 0.5) is 0 Å². The van der Waals surface area contributed by atoms with Crippen molar-refractivity contribution in [3.8, 4) is 5.75 Å². The lowest BCUT2D eigenvalue weighted by molar-refractivity contribution is -0.656. The summed E-state index contributed by atoms with van der Waals surface area (Å²) in [6.45, 7) is 5.13. The molecule has 102 valence electrons. The summed E-state index contributed by atoms with van der Waals surface area (Å²) in [5, 5.41) is 10.8. The largest absolute Gasteiger partial charge is 0.494 e. The summed E-state index contributed by atoms with van der Waals surface area (Å²) in [6.07, 6.45) is 4.82. The molecule has 0 aliphatic rings.